The van der Waals surface area contributed by atoms with E-state index in [1.54, 1.807) is 11.1 Å². The van der Waals surface area contributed by atoms with Gasteiger partial charge in [0.1, 0.15) is 5.82 Å². The van der Waals surface area contributed by atoms with Gasteiger partial charge in [0.05, 0.1) is 28.4 Å². The molecule has 8 nitrogen and oxygen atoms in total. The predicted molar refractivity (Wildman–Crippen MR) is 173 cm³/mol. The number of halogens is 4. The number of carbonyl (C=O) groups is 1. The third kappa shape index (κ3) is 5.15. The summed E-state index contributed by atoms with van der Waals surface area (Å²) in [6.45, 7) is 3.88. The maximum atomic E-state index is 14.7. The van der Waals surface area contributed by atoms with E-state index < -0.39 is 23.3 Å². The summed E-state index contributed by atoms with van der Waals surface area (Å²) < 4.78 is 42.8. The molecule has 4 bridgehead atoms. The lowest BCUT2D eigenvalue weighted by atomic mass is 9.52. The Bertz CT molecular complexity index is 1620. The summed E-state index contributed by atoms with van der Waals surface area (Å²) >= 11 is 6.45. The molecule has 3 aromatic rings. The summed E-state index contributed by atoms with van der Waals surface area (Å²) in [5, 5.41) is 3.20. The lowest BCUT2D eigenvalue weighted by Gasteiger charge is -2.61. The Balaban J connectivity index is 1.16. The highest BCUT2D eigenvalue weighted by atomic mass is 35.5. The number of nitrogens with zero attached hydrogens (tertiary/aromatic N) is 6. The quantitative estimate of drug-likeness (QED) is 0.307. The number of piperazine rings is 1. The number of alkyl halides is 3. The largest absolute Gasteiger partial charge is 0.418 e. The molecule has 6 aliphatic rings. The molecule has 9 rings (SSSR count). The van der Waals surface area contributed by atoms with Gasteiger partial charge in [-0.1, -0.05) is 17.7 Å². The van der Waals surface area contributed by atoms with Crippen molar-refractivity contribution in [2.24, 2.45) is 17.8 Å². The predicted octanol–water partition coefficient (Wildman–Crippen LogP) is 7.56. The van der Waals surface area contributed by atoms with E-state index in [9.17, 15) is 18.0 Å². The summed E-state index contributed by atoms with van der Waals surface area (Å²) in [5.74, 6) is 2.33. The van der Waals surface area contributed by atoms with E-state index in [4.69, 9.17) is 16.6 Å². The maximum Gasteiger partial charge on any atom is 0.418 e. The number of nitrogens with one attached hydrogen (secondary N) is 1. The van der Waals surface area contributed by atoms with Crippen molar-refractivity contribution in [1.29, 1.82) is 0 Å². The molecule has 1 aromatic heterocycles. The van der Waals surface area contributed by atoms with Gasteiger partial charge in [0, 0.05) is 49.3 Å². The van der Waals surface area contributed by atoms with Crippen molar-refractivity contribution in [1.82, 2.24) is 14.9 Å². The molecule has 2 aromatic carbocycles. The molecule has 4 aliphatic carbocycles. The Labute approximate surface area is 271 Å². The van der Waals surface area contributed by atoms with Crippen LogP contribution in [0.3, 0.4) is 0 Å². The number of para-hydroxylation sites is 1. The van der Waals surface area contributed by atoms with Crippen molar-refractivity contribution < 1.29 is 18.0 Å². The van der Waals surface area contributed by atoms with E-state index in [2.05, 4.69) is 39.3 Å². The number of benzene rings is 2. The maximum absolute atomic E-state index is 14.7. The summed E-state index contributed by atoms with van der Waals surface area (Å²) in [6.07, 6.45) is 2.90. The van der Waals surface area contributed by atoms with E-state index in [0.717, 1.165) is 82.1 Å². The Morgan fingerprint density at radius 1 is 0.935 bits per heavy atom. The smallest absolute Gasteiger partial charge is 0.369 e. The molecule has 242 valence electrons. The molecule has 0 spiro atoms. The lowest BCUT2D eigenvalue weighted by Crippen LogP contribution is -2.65. The number of hydrogen-bond donors (Lipinski definition) is 1. The van der Waals surface area contributed by atoms with E-state index in [-0.39, 0.29) is 17.3 Å². The van der Waals surface area contributed by atoms with Crippen LogP contribution in [0.25, 0.3) is 0 Å². The summed E-state index contributed by atoms with van der Waals surface area (Å²) in [5.41, 5.74) is 0.815. The Morgan fingerprint density at radius 2 is 1.59 bits per heavy atom. The van der Waals surface area contributed by atoms with E-state index in [0.29, 0.717) is 35.1 Å². The van der Waals surface area contributed by atoms with Crippen molar-refractivity contribution in [2.75, 3.05) is 53.2 Å². The number of likely N-dealkylation sites (N-methyl/N-ethyl adjacent to an activating group) is 1. The van der Waals surface area contributed by atoms with Gasteiger partial charge in [-0.15, -0.1) is 0 Å². The first-order valence-electron chi connectivity index (χ1n) is 16.2. The first kappa shape index (κ1) is 29.8. The second kappa shape index (κ2) is 11.0. The molecule has 2 aliphatic heterocycles. The summed E-state index contributed by atoms with van der Waals surface area (Å²) in [7, 11) is 2.13. The van der Waals surface area contributed by atoms with Gasteiger partial charge in [-0.05, 0) is 99.7 Å². The number of carbonyl (C=O) groups excluding carboxylic acids is 1. The lowest BCUT2D eigenvalue weighted by molar-refractivity contribution is -0.137. The van der Waals surface area contributed by atoms with Crippen molar-refractivity contribution >= 4 is 46.5 Å². The minimum Gasteiger partial charge on any atom is -0.369 e. The standard InChI is InChI=1S/C34H37ClF3N7O/c1-42-9-11-43(12-10-42)26-7-5-25(6-8-26)40-31-39-19-24-20-44(29-27(34(36,37)38)3-2-4-28(29)35)32(46)45(30(24)41-31)33-16-21-13-22(17-33)15-23(14-21)18-33/h2-8,19,21-23H,9-18,20H2,1H3,(H,39,40,41). The van der Waals surface area contributed by atoms with Gasteiger partial charge in [-0.2, -0.15) is 18.2 Å². The third-order valence-corrected chi connectivity index (χ3v) is 11.1. The molecule has 1 N–H and O–H groups in total. The molecule has 12 heteroatoms. The number of urea groups is 1. The van der Waals surface area contributed by atoms with Gasteiger partial charge in [0.2, 0.25) is 5.95 Å². The van der Waals surface area contributed by atoms with Crippen LogP contribution in [0, 0.1) is 17.8 Å². The number of amides is 2. The van der Waals surface area contributed by atoms with Gasteiger partial charge >= 0.3 is 12.2 Å². The highest BCUT2D eigenvalue weighted by Crippen LogP contribution is 2.59. The van der Waals surface area contributed by atoms with Gasteiger partial charge < -0.3 is 15.1 Å². The molecule has 4 saturated carbocycles. The Kier molecular flexibility index (Phi) is 7.13. The zero-order valence-corrected chi connectivity index (χ0v) is 26.5. The fraction of sp³-hybridized carbons (Fsp3) is 0.500. The highest BCUT2D eigenvalue weighted by Gasteiger charge is 2.57. The van der Waals surface area contributed by atoms with Crippen LogP contribution >= 0.6 is 11.6 Å². The average Bonchev–Trinajstić information content (AvgIpc) is 3.00. The zero-order chi connectivity index (χ0) is 31.8. The normalized spacial score (nSPS) is 27.7. The number of anilines is 5. The number of rotatable bonds is 5. The first-order chi connectivity index (χ1) is 22.1. The molecular formula is C34H37ClF3N7O. The van der Waals surface area contributed by atoms with E-state index in [1.165, 1.54) is 17.0 Å². The van der Waals surface area contributed by atoms with E-state index in [1.807, 2.05) is 12.1 Å². The fourth-order valence-electron chi connectivity index (χ4n) is 9.12. The molecule has 0 unspecified atom stereocenters. The van der Waals surface area contributed by atoms with Crippen LogP contribution in [0.15, 0.2) is 48.7 Å². The topological polar surface area (TPSA) is 67.8 Å². The van der Waals surface area contributed by atoms with Crippen LogP contribution in [0.2, 0.25) is 5.02 Å². The van der Waals surface area contributed by atoms with Gasteiger partial charge in [0.15, 0.2) is 0 Å². The minimum absolute atomic E-state index is 0.107. The Morgan fingerprint density at radius 3 is 2.22 bits per heavy atom. The van der Waals surface area contributed by atoms with Crippen LogP contribution in [0.5, 0.6) is 0 Å². The minimum atomic E-state index is -4.68. The first-order valence-corrected chi connectivity index (χ1v) is 16.6. The van der Waals surface area contributed by atoms with Gasteiger partial charge in [0.25, 0.3) is 0 Å². The molecule has 0 atom stereocenters. The highest BCUT2D eigenvalue weighted by molar-refractivity contribution is 6.34. The summed E-state index contributed by atoms with van der Waals surface area (Å²) in [4.78, 5) is 31.8. The molecule has 0 radical (unpaired) electrons. The van der Waals surface area contributed by atoms with Gasteiger partial charge in [-0.3, -0.25) is 9.80 Å². The molecule has 1 saturated heterocycles. The van der Waals surface area contributed by atoms with Crippen molar-refractivity contribution in [2.45, 2.75) is 56.8 Å². The summed E-state index contributed by atoms with van der Waals surface area (Å²) in [6, 6.07) is 11.3. The van der Waals surface area contributed by atoms with Crippen molar-refractivity contribution in [3.63, 3.8) is 0 Å². The van der Waals surface area contributed by atoms with Crippen LogP contribution in [-0.4, -0.2) is 59.7 Å². The van der Waals surface area contributed by atoms with Crippen LogP contribution in [0.4, 0.5) is 46.8 Å². The second-order valence-corrected chi connectivity index (χ2v) is 14.4. The monoisotopic (exact) mass is 651 g/mol. The average molecular weight is 652 g/mol. The fourth-order valence-corrected chi connectivity index (χ4v) is 9.40. The molecule has 46 heavy (non-hydrogen) atoms. The SMILES string of the molecule is CN1CCN(c2ccc(Nc3ncc4c(n3)N(C35CC6CC(CC(C6)C3)C5)C(=O)N(c3c(Cl)cccc3C(F)(F)F)C4)cc2)CC1. The van der Waals surface area contributed by atoms with Crippen LogP contribution < -0.4 is 20.0 Å². The van der Waals surface area contributed by atoms with Crippen LogP contribution in [-0.2, 0) is 12.7 Å². The van der Waals surface area contributed by atoms with Gasteiger partial charge in [-0.25, -0.2) is 9.78 Å². The molecule has 5 fully saturated rings. The van der Waals surface area contributed by atoms with E-state index >= 15 is 0 Å². The third-order valence-electron chi connectivity index (χ3n) is 10.8. The second-order valence-electron chi connectivity index (χ2n) is 14.0. The number of fused-ring (bicyclic) bond motifs is 1. The van der Waals surface area contributed by atoms with Crippen molar-refractivity contribution in [3.05, 3.63) is 64.8 Å². The zero-order valence-electron chi connectivity index (χ0n) is 25.7. The number of hydrogen-bond acceptors (Lipinski definition) is 6. The van der Waals surface area contributed by atoms with Crippen molar-refractivity contribution in [3.8, 4) is 0 Å². The van der Waals surface area contributed by atoms with Crippen LogP contribution in [0.1, 0.15) is 49.7 Å². The molecule has 3 heterocycles. The molecular weight excluding hydrogens is 615 g/mol. The molecule has 2 amide bonds. The number of aromatic nitrogens is 2. The Hall–Kier alpha value is -3.57.